The molecule has 0 N–H and O–H groups in total. The minimum Gasteiger partial charge on any atom is -0.481 e. The fourth-order valence-corrected chi connectivity index (χ4v) is 3.33. The van der Waals surface area contributed by atoms with E-state index < -0.39 is 0 Å². The molecular formula is C15H20N2O. The Morgan fingerprint density at radius 1 is 1.33 bits per heavy atom. The number of fused-ring (bicyclic) bond motifs is 2. The van der Waals surface area contributed by atoms with Crippen molar-refractivity contribution in [1.29, 1.82) is 0 Å². The van der Waals surface area contributed by atoms with E-state index in [9.17, 15) is 0 Å². The number of nitrogens with zero attached hydrogens (tertiary/aromatic N) is 2. The van der Waals surface area contributed by atoms with Crippen LogP contribution in [0.25, 0.3) is 5.57 Å². The zero-order chi connectivity index (χ0) is 12.5. The molecule has 0 spiro atoms. The lowest BCUT2D eigenvalue weighted by atomic mass is 9.77. The molecular weight excluding hydrogens is 224 g/mol. The van der Waals surface area contributed by atoms with Crippen molar-refractivity contribution in [3.8, 4) is 5.88 Å². The summed E-state index contributed by atoms with van der Waals surface area (Å²) in [7, 11) is 3.88. The molecule has 0 radical (unpaired) electrons. The van der Waals surface area contributed by atoms with E-state index >= 15 is 0 Å². The standard InChI is InChI=1S/C15H20N2O/c1-17-9-11-5-12(10-17)7-14(6-11)13-3-4-15(18-2)16-8-13/h3-4,6,8,11-12H,5,7,9-10H2,1-2H3/t11-,12+/m1/s1. The smallest absolute Gasteiger partial charge is 0.212 e. The molecule has 0 amide bonds. The largest absolute Gasteiger partial charge is 0.481 e. The molecule has 1 fully saturated rings. The van der Waals surface area contributed by atoms with Crippen LogP contribution >= 0.6 is 0 Å². The van der Waals surface area contributed by atoms with E-state index in [-0.39, 0.29) is 0 Å². The Morgan fingerprint density at radius 2 is 2.22 bits per heavy atom. The van der Waals surface area contributed by atoms with E-state index in [4.69, 9.17) is 4.74 Å². The summed E-state index contributed by atoms with van der Waals surface area (Å²) in [5.41, 5.74) is 2.73. The number of methoxy groups -OCH3 is 1. The molecule has 1 aliphatic heterocycles. The van der Waals surface area contributed by atoms with Crippen LogP contribution in [0.4, 0.5) is 0 Å². The molecule has 0 unspecified atom stereocenters. The molecule has 2 bridgehead atoms. The van der Waals surface area contributed by atoms with Crippen molar-refractivity contribution in [2.45, 2.75) is 12.8 Å². The molecule has 2 atom stereocenters. The van der Waals surface area contributed by atoms with Gasteiger partial charge in [-0.15, -0.1) is 0 Å². The lowest BCUT2D eigenvalue weighted by Gasteiger charge is -2.38. The van der Waals surface area contributed by atoms with Crippen molar-refractivity contribution in [3.05, 3.63) is 30.0 Å². The molecule has 1 aromatic rings. The summed E-state index contributed by atoms with van der Waals surface area (Å²) in [6.07, 6.45) is 6.94. The number of ether oxygens (including phenoxy) is 1. The highest BCUT2D eigenvalue weighted by Crippen LogP contribution is 2.37. The van der Waals surface area contributed by atoms with Crippen LogP contribution in [-0.2, 0) is 0 Å². The number of piperidine rings is 1. The van der Waals surface area contributed by atoms with Crippen LogP contribution in [0.1, 0.15) is 18.4 Å². The van der Waals surface area contributed by atoms with Gasteiger partial charge in [-0.05, 0) is 48.9 Å². The van der Waals surface area contributed by atoms with Gasteiger partial charge in [-0.25, -0.2) is 4.98 Å². The monoisotopic (exact) mass is 244 g/mol. The van der Waals surface area contributed by atoms with Gasteiger partial charge < -0.3 is 9.64 Å². The molecule has 96 valence electrons. The molecule has 3 heteroatoms. The molecule has 3 rings (SSSR count). The number of hydrogen-bond donors (Lipinski definition) is 0. The van der Waals surface area contributed by atoms with Crippen LogP contribution in [0, 0.1) is 11.8 Å². The van der Waals surface area contributed by atoms with Gasteiger partial charge in [0.05, 0.1) is 7.11 Å². The Hall–Kier alpha value is -1.35. The Bertz CT molecular complexity index is 452. The highest BCUT2D eigenvalue weighted by molar-refractivity contribution is 5.66. The van der Waals surface area contributed by atoms with Gasteiger partial charge in [0.2, 0.25) is 5.88 Å². The highest BCUT2D eigenvalue weighted by Gasteiger charge is 2.29. The zero-order valence-corrected chi connectivity index (χ0v) is 11.1. The minimum atomic E-state index is 0.690. The van der Waals surface area contributed by atoms with Crippen LogP contribution in [0.15, 0.2) is 24.4 Å². The Balaban J connectivity index is 1.83. The maximum Gasteiger partial charge on any atom is 0.212 e. The average Bonchev–Trinajstić information content (AvgIpc) is 2.37. The Labute approximate surface area is 108 Å². The van der Waals surface area contributed by atoms with Crippen LogP contribution < -0.4 is 4.74 Å². The van der Waals surface area contributed by atoms with Crippen LogP contribution in [0.3, 0.4) is 0 Å². The molecule has 1 aliphatic carbocycles. The van der Waals surface area contributed by atoms with Gasteiger partial charge in [-0.1, -0.05) is 6.08 Å². The van der Waals surface area contributed by atoms with Gasteiger partial charge in [-0.3, -0.25) is 0 Å². The average molecular weight is 244 g/mol. The summed E-state index contributed by atoms with van der Waals surface area (Å²) in [5.74, 6) is 2.23. The van der Waals surface area contributed by atoms with Crippen LogP contribution in [0.2, 0.25) is 0 Å². The molecule has 18 heavy (non-hydrogen) atoms. The second-order valence-corrected chi connectivity index (χ2v) is 5.57. The molecule has 0 saturated carbocycles. The Kier molecular flexibility index (Phi) is 3.08. The minimum absolute atomic E-state index is 0.690. The number of hydrogen-bond acceptors (Lipinski definition) is 3. The van der Waals surface area contributed by atoms with Gasteiger partial charge in [-0.2, -0.15) is 0 Å². The summed E-state index contributed by atoms with van der Waals surface area (Å²) in [4.78, 5) is 6.76. The van der Waals surface area contributed by atoms with E-state index in [1.807, 2.05) is 12.3 Å². The van der Waals surface area contributed by atoms with Crippen molar-refractivity contribution in [2.24, 2.45) is 11.8 Å². The highest BCUT2D eigenvalue weighted by atomic mass is 16.5. The molecule has 3 nitrogen and oxygen atoms in total. The third kappa shape index (κ3) is 2.27. The van der Waals surface area contributed by atoms with E-state index in [1.165, 1.54) is 37.1 Å². The van der Waals surface area contributed by atoms with E-state index in [0.29, 0.717) is 5.88 Å². The third-order valence-corrected chi connectivity index (χ3v) is 4.01. The SMILES string of the molecule is COc1ccc(C2=C[C@H]3C[C@@H](C2)CN(C)C3)cn1. The molecule has 0 aromatic carbocycles. The predicted octanol–water partition coefficient (Wildman–Crippen LogP) is 2.45. The second kappa shape index (κ2) is 4.73. The van der Waals surface area contributed by atoms with Crippen LogP contribution in [0.5, 0.6) is 5.88 Å². The van der Waals surface area contributed by atoms with E-state index in [2.05, 4.69) is 29.1 Å². The summed E-state index contributed by atoms with van der Waals surface area (Å²) in [6.45, 7) is 2.43. The first kappa shape index (κ1) is 11.7. The lowest BCUT2D eigenvalue weighted by Crippen LogP contribution is -2.39. The topological polar surface area (TPSA) is 25.4 Å². The van der Waals surface area contributed by atoms with Crippen molar-refractivity contribution < 1.29 is 4.74 Å². The summed E-state index contributed by atoms with van der Waals surface area (Å²) >= 11 is 0. The number of pyridine rings is 1. The van der Waals surface area contributed by atoms with Gasteiger partial charge in [0.25, 0.3) is 0 Å². The molecule has 2 aliphatic rings. The summed E-state index contributed by atoms with van der Waals surface area (Å²) in [5, 5.41) is 0. The normalized spacial score (nSPS) is 27.8. The fourth-order valence-electron chi connectivity index (χ4n) is 3.33. The van der Waals surface area contributed by atoms with Gasteiger partial charge in [0.15, 0.2) is 0 Å². The zero-order valence-electron chi connectivity index (χ0n) is 11.1. The first-order chi connectivity index (χ1) is 8.74. The molecule has 1 aromatic heterocycles. The molecule has 1 saturated heterocycles. The first-order valence-electron chi connectivity index (χ1n) is 6.64. The summed E-state index contributed by atoms with van der Waals surface area (Å²) in [6, 6.07) is 4.08. The maximum atomic E-state index is 5.11. The van der Waals surface area contributed by atoms with Crippen molar-refractivity contribution in [3.63, 3.8) is 0 Å². The fraction of sp³-hybridized carbons (Fsp3) is 0.533. The van der Waals surface area contributed by atoms with Gasteiger partial charge >= 0.3 is 0 Å². The van der Waals surface area contributed by atoms with E-state index in [1.54, 1.807) is 7.11 Å². The predicted molar refractivity (Wildman–Crippen MR) is 72.5 cm³/mol. The number of aromatic nitrogens is 1. The number of allylic oxidation sites excluding steroid dienone is 1. The van der Waals surface area contributed by atoms with Crippen molar-refractivity contribution in [1.82, 2.24) is 9.88 Å². The van der Waals surface area contributed by atoms with Crippen molar-refractivity contribution in [2.75, 3.05) is 27.2 Å². The van der Waals surface area contributed by atoms with Crippen molar-refractivity contribution >= 4 is 5.57 Å². The van der Waals surface area contributed by atoms with Gasteiger partial charge in [0.1, 0.15) is 0 Å². The number of rotatable bonds is 2. The maximum absolute atomic E-state index is 5.11. The van der Waals surface area contributed by atoms with Crippen LogP contribution in [-0.4, -0.2) is 37.1 Å². The second-order valence-electron chi connectivity index (χ2n) is 5.57. The lowest BCUT2D eigenvalue weighted by molar-refractivity contribution is 0.170. The quantitative estimate of drug-likeness (QED) is 0.799. The Morgan fingerprint density at radius 3 is 2.89 bits per heavy atom. The summed E-state index contributed by atoms with van der Waals surface area (Å²) < 4.78 is 5.11. The van der Waals surface area contributed by atoms with Gasteiger partial charge in [0, 0.05) is 25.4 Å². The third-order valence-electron chi connectivity index (χ3n) is 4.01. The van der Waals surface area contributed by atoms with E-state index in [0.717, 1.165) is 11.8 Å². The first-order valence-corrected chi connectivity index (χ1v) is 6.64. The molecule has 2 heterocycles. The number of likely N-dealkylation sites (tertiary alicyclic amines) is 1.